The zero-order valence-electron chi connectivity index (χ0n) is 17.1. The number of hydrogen-bond donors (Lipinski definition) is 2. The van der Waals surface area contributed by atoms with Crippen LogP contribution in [0.25, 0.3) is 0 Å². The molecule has 0 aromatic heterocycles. The topological polar surface area (TPSA) is 114 Å². The molecule has 1 heterocycles. The van der Waals surface area contributed by atoms with Crippen LogP contribution in [-0.2, 0) is 19.1 Å². The van der Waals surface area contributed by atoms with E-state index in [-0.39, 0.29) is 18.1 Å². The molecule has 0 spiro atoms. The SMILES string of the molecule is CCOC(=O)Nc1cccc(C(=O)OCC(=O)Nc2cccc(N3CCCC3=O)c2)c1. The first-order chi connectivity index (χ1) is 15.0. The Morgan fingerprint density at radius 1 is 1.00 bits per heavy atom. The van der Waals surface area contributed by atoms with Gasteiger partial charge in [0.15, 0.2) is 6.61 Å². The molecule has 31 heavy (non-hydrogen) atoms. The molecule has 2 aromatic rings. The molecule has 1 aliphatic rings. The van der Waals surface area contributed by atoms with E-state index in [2.05, 4.69) is 10.6 Å². The van der Waals surface area contributed by atoms with E-state index in [0.717, 1.165) is 6.42 Å². The van der Waals surface area contributed by atoms with E-state index in [1.165, 1.54) is 12.1 Å². The summed E-state index contributed by atoms with van der Waals surface area (Å²) in [7, 11) is 0. The summed E-state index contributed by atoms with van der Waals surface area (Å²) in [6, 6.07) is 13.0. The highest BCUT2D eigenvalue weighted by Gasteiger charge is 2.22. The number of ether oxygens (including phenoxy) is 2. The number of rotatable bonds is 7. The Hall–Kier alpha value is -3.88. The minimum absolute atomic E-state index is 0.0529. The van der Waals surface area contributed by atoms with Crippen molar-refractivity contribution in [1.29, 1.82) is 0 Å². The predicted molar refractivity (Wildman–Crippen MR) is 114 cm³/mol. The van der Waals surface area contributed by atoms with E-state index >= 15 is 0 Å². The molecule has 1 fully saturated rings. The van der Waals surface area contributed by atoms with Crippen molar-refractivity contribution in [3.05, 3.63) is 54.1 Å². The fourth-order valence-corrected chi connectivity index (χ4v) is 3.09. The van der Waals surface area contributed by atoms with Crippen molar-refractivity contribution in [2.24, 2.45) is 0 Å². The lowest BCUT2D eigenvalue weighted by atomic mass is 10.2. The predicted octanol–water partition coefficient (Wildman–Crippen LogP) is 3.18. The fourth-order valence-electron chi connectivity index (χ4n) is 3.09. The maximum Gasteiger partial charge on any atom is 0.411 e. The fraction of sp³-hybridized carbons (Fsp3) is 0.273. The van der Waals surface area contributed by atoms with E-state index in [1.807, 2.05) is 0 Å². The van der Waals surface area contributed by atoms with Gasteiger partial charge in [0.1, 0.15) is 0 Å². The Morgan fingerprint density at radius 3 is 2.45 bits per heavy atom. The van der Waals surface area contributed by atoms with Crippen LogP contribution in [0, 0.1) is 0 Å². The maximum atomic E-state index is 12.2. The molecule has 162 valence electrons. The zero-order chi connectivity index (χ0) is 22.2. The van der Waals surface area contributed by atoms with Crippen molar-refractivity contribution in [3.8, 4) is 0 Å². The van der Waals surface area contributed by atoms with Crippen LogP contribution in [0.4, 0.5) is 21.9 Å². The second kappa shape index (κ2) is 10.2. The summed E-state index contributed by atoms with van der Waals surface area (Å²) in [5, 5.41) is 5.14. The molecule has 1 saturated heterocycles. The lowest BCUT2D eigenvalue weighted by molar-refractivity contribution is -0.119. The Balaban J connectivity index is 1.53. The summed E-state index contributed by atoms with van der Waals surface area (Å²) in [4.78, 5) is 49.5. The van der Waals surface area contributed by atoms with E-state index in [4.69, 9.17) is 9.47 Å². The van der Waals surface area contributed by atoms with Gasteiger partial charge >= 0.3 is 12.1 Å². The summed E-state index contributed by atoms with van der Waals surface area (Å²) in [6.07, 6.45) is 0.690. The average Bonchev–Trinajstić information content (AvgIpc) is 3.18. The van der Waals surface area contributed by atoms with Gasteiger partial charge < -0.3 is 19.7 Å². The van der Waals surface area contributed by atoms with Gasteiger partial charge in [0.25, 0.3) is 5.91 Å². The second-order valence-corrected chi connectivity index (χ2v) is 6.75. The first-order valence-electron chi connectivity index (χ1n) is 9.87. The molecule has 9 nitrogen and oxygen atoms in total. The molecule has 0 aliphatic carbocycles. The smallest absolute Gasteiger partial charge is 0.411 e. The van der Waals surface area contributed by atoms with E-state index < -0.39 is 24.6 Å². The molecule has 0 radical (unpaired) electrons. The average molecular weight is 425 g/mol. The van der Waals surface area contributed by atoms with E-state index in [0.29, 0.717) is 30.0 Å². The minimum Gasteiger partial charge on any atom is -0.452 e. The van der Waals surface area contributed by atoms with Crippen LogP contribution in [-0.4, -0.2) is 43.6 Å². The van der Waals surface area contributed by atoms with Gasteiger partial charge in [0.2, 0.25) is 5.91 Å². The van der Waals surface area contributed by atoms with Crippen molar-refractivity contribution in [3.63, 3.8) is 0 Å². The number of hydrogen-bond acceptors (Lipinski definition) is 6. The third kappa shape index (κ3) is 6.05. The third-order valence-electron chi connectivity index (χ3n) is 4.47. The van der Waals surface area contributed by atoms with Crippen molar-refractivity contribution in [2.75, 3.05) is 35.3 Å². The third-order valence-corrected chi connectivity index (χ3v) is 4.47. The summed E-state index contributed by atoms with van der Waals surface area (Å²) < 4.78 is 9.84. The molecular formula is C22H23N3O6. The van der Waals surface area contributed by atoms with Gasteiger partial charge in [-0.05, 0) is 49.7 Å². The van der Waals surface area contributed by atoms with Gasteiger partial charge in [-0.2, -0.15) is 0 Å². The molecule has 0 unspecified atom stereocenters. The molecule has 2 aromatic carbocycles. The lowest BCUT2D eigenvalue weighted by Gasteiger charge is -2.16. The van der Waals surface area contributed by atoms with Crippen LogP contribution < -0.4 is 15.5 Å². The molecule has 9 heteroatoms. The van der Waals surface area contributed by atoms with Crippen molar-refractivity contribution in [2.45, 2.75) is 19.8 Å². The number of carbonyl (C=O) groups is 4. The van der Waals surface area contributed by atoms with Gasteiger partial charge in [0, 0.05) is 30.0 Å². The highest BCUT2D eigenvalue weighted by atomic mass is 16.5. The van der Waals surface area contributed by atoms with Gasteiger partial charge in [-0.15, -0.1) is 0 Å². The van der Waals surface area contributed by atoms with Gasteiger partial charge in [-0.1, -0.05) is 12.1 Å². The summed E-state index contributed by atoms with van der Waals surface area (Å²) in [5.74, 6) is -1.17. The zero-order valence-corrected chi connectivity index (χ0v) is 17.1. The maximum absolute atomic E-state index is 12.2. The van der Waals surface area contributed by atoms with Gasteiger partial charge in [-0.25, -0.2) is 9.59 Å². The monoisotopic (exact) mass is 425 g/mol. The Bertz CT molecular complexity index is 991. The number of nitrogens with one attached hydrogen (secondary N) is 2. The molecule has 1 aliphatic heterocycles. The molecule has 0 atom stereocenters. The number of nitrogens with zero attached hydrogens (tertiary/aromatic N) is 1. The number of esters is 1. The second-order valence-electron chi connectivity index (χ2n) is 6.75. The highest BCUT2D eigenvalue weighted by molar-refractivity contribution is 5.98. The van der Waals surface area contributed by atoms with Crippen LogP contribution in [0.3, 0.4) is 0 Å². The van der Waals surface area contributed by atoms with Crippen molar-refractivity contribution < 1.29 is 28.7 Å². The number of carbonyl (C=O) groups excluding carboxylic acids is 4. The van der Waals surface area contributed by atoms with E-state index in [9.17, 15) is 19.2 Å². The number of benzene rings is 2. The van der Waals surface area contributed by atoms with E-state index in [1.54, 1.807) is 48.2 Å². The van der Waals surface area contributed by atoms with Gasteiger partial charge in [0.05, 0.1) is 12.2 Å². The van der Waals surface area contributed by atoms with Crippen LogP contribution in [0.2, 0.25) is 0 Å². The lowest BCUT2D eigenvalue weighted by Crippen LogP contribution is -2.24. The van der Waals surface area contributed by atoms with Crippen molar-refractivity contribution >= 4 is 40.9 Å². The quantitative estimate of drug-likeness (QED) is 0.659. The molecule has 3 rings (SSSR count). The first kappa shape index (κ1) is 21.8. The first-order valence-corrected chi connectivity index (χ1v) is 9.87. The normalized spacial score (nSPS) is 12.9. The number of anilines is 3. The summed E-state index contributed by atoms with van der Waals surface area (Å²) >= 11 is 0. The van der Waals surface area contributed by atoms with Crippen LogP contribution in [0.1, 0.15) is 30.1 Å². The molecule has 0 bridgehead atoms. The molecular weight excluding hydrogens is 402 g/mol. The molecule has 2 N–H and O–H groups in total. The molecule has 3 amide bonds. The number of amides is 3. The van der Waals surface area contributed by atoms with Crippen LogP contribution in [0.5, 0.6) is 0 Å². The van der Waals surface area contributed by atoms with Crippen LogP contribution >= 0.6 is 0 Å². The van der Waals surface area contributed by atoms with Crippen LogP contribution in [0.15, 0.2) is 48.5 Å². The standard InChI is InChI=1S/C22H23N3O6/c1-2-30-22(29)24-16-7-3-6-15(12-16)21(28)31-14-19(26)23-17-8-4-9-18(13-17)25-11-5-10-20(25)27/h3-4,6-9,12-13H,2,5,10-11,14H2,1H3,(H,23,26)(H,24,29). The Morgan fingerprint density at radius 2 is 1.74 bits per heavy atom. The van der Waals surface area contributed by atoms with Crippen molar-refractivity contribution in [1.82, 2.24) is 0 Å². The Labute approximate surface area is 179 Å². The summed E-state index contributed by atoms with van der Waals surface area (Å²) in [6.45, 7) is 2.07. The van der Waals surface area contributed by atoms with Gasteiger partial charge in [-0.3, -0.25) is 14.9 Å². The summed E-state index contributed by atoms with van der Waals surface area (Å²) in [5.41, 5.74) is 1.75. The Kier molecular flexibility index (Phi) is 7.21. The highest BCUT2D eigenvalue weighted by Crippen LogP contribution is 2.24. The minimum atomic E-state index is -0.709. The largest absolute Gasteiger partial charge is 0.452 e. The molecule has 0 saturated carbocycles.